The molecule has 2 amide bonds. The zero-order valence-electron chi connectivity index (χ0n) is 16.4. The number of anilines is 1. The van der Waals surface area contributed by atoms with Crippen molar-refractivity contribution in [2.75, 3.05) is 11.4 Å². The van der Waals surface area contributed by atoms with E-state index >= 15 is 0 Å². The van der Waals surface area contributed by atoms with E-state index in [2.05, 4.69) is 6.07 Å². The third kappa shape index (κ3) is 7.38. The highest BCUT2D eigenvalue weighted by Gasteiger charge is 2.15. The van der Waals surface area contributed by atoms with Crippen LogP contribution in [0.1, 0.15) is 54.4 Å². The van der Waals surface area contributed by atoms with Crippen LogP contribution in [-0.2, 0) is 4.79 Å². The van der Waals surface area contributed by atoms with Crippen LogP contribution in [0.5, 0.6) is 0 Å². The lowest BCUT2D eigenvalue weighted by Crippen LogP contribution is -2.25. The molecule has 6 heteroatoms. The molecule has 2 aromatic carbocycles. The highest BCUT2D eigenvalue weighted by Crippen LogP contribution is 2.27. The number of nitrogens with zero attached hydrogens (tertiary/aromatic N) is 2. The number of halogens is 1. The molecule has 0 bridgehead atoms. The number of rotatable bonds is 6. The molecule has 0 atom stereocenters. The molecule has 0 heterocycles. The molecule has 0 spiro atoms. The number of nitrogens with two attached hydrogens (primary N) is 1. The van der Waals surface area contributed by atoms with E-state index in [1.165, 1.54) is 50.3 Å². The minimum atomic E-state index is -0.612. The summed E-state index contributed by atoms with van der Waals surface area (Å²) in [7, 11) is 0. The number of benzene rings is 2. The Balaban J connectivity index is 0.000000253. The van der Waals surface area contributed by atoms with E-state index in [0.717, 1.165) is 37.0 Å². The van der Waals surface area contributed by atoms with Crippen molar-refractivity contribution in [2.24, 2.45) is 11.7 Å². The van der Waals surface area contributed by atoms with Crippen molar-refractivity contribution in [3.05, 3.63) is 65.5 Å². The molecule has 0 aromatic heterocycles. The monoisotopic (exact) mass is 395 g/mol. The van der Waals surface area contributed by atoms with E-state index in [1.54, 1.807) is 17.0 Å². The average Bonchev–Trinajstić information content (AvgIpc) is 2.75. The SMILES string of the molecule is N#Cc1cccc(N(C=O)CCC2CCCCC2)c1.NC(=O)c1cccc(F)c1. The van der Waals surface area contributed by atoms with Gasteiger partial charge in [-0.15, -0.1) is 0 Å². The van der Waals surface area contributed by atoms with Gasteiger partial charge in [0.25, 0.3) is 0 Å². The quantitative estimate of drug-likeness (QED) is 0.735. The van der Waals surface area contributed by atoms with Crippen LogP contribution in [0.3, 0.4) is 0 Å². The lowest BCUT2D eigenvalue weighted by atomic mass is 9.87. The third-order valence-corrected chi connectivity index (χ3v) is 5.05. The Kier molecular flexibility index (Phi) is 8.84. The molecular weight excluding hydrogens is 369 g/mol. The number of amides is 2. The van der Waals surface area contributed by atoms with Gasteiger partial charge in [-0.2, -0.15) is 5.26 Å². The first kappa shape index (κ1) is 22.1. The highest BCUT2D eigenvalue weighted by atomic mass is 19.1. The summed E-state index contributed by atoms with van der Waals surface area (Å²) < 4.78 is 12.3. The predicted molar refractivity (Wildman–Crippen MR) is 111 cm³/mol. The molecule has 1 aliphatic carbocycles. The Morgan fingerprint density at radius 3 is 2.48 bits per heavy atom. The van der Waals surface area contributed by atoms with Crippen molar-refractivity contribution in [2.45, 2.75) is 38.5 Å². The molecule has 1 saturated carbocycles. The first-order valence-corrected chi connectivity index (χ1v) is 9.81. The lowest BCUT2D eigenvalue weighted by molar-refractivity contribution is -0.107. The summed E-state index contributed by atoms with van der Waals surface area (Å²) in [5, 5.41) is 8.89. The summed E-state index contributed by atoms with van der Waals surface area (Å²) in [5.41, 5.74) is 6.49. The fourth-order valence-electron chi connectivity index (χ4n) is 3.44. The minimum absolute atomic E-state index is 0.194. The smallest absolute Gasteiger partial charge is 0.248 e. The van der Waals surface area contributed by atoms with Gasteiger partial charge in [-0.3, -0.25) is 9.59 Å². The van der Waals surface area contributed by atoms with Gasteiger partial charge in [0.1, 0.15) is 5.82 Å². The number of nitriles is 1. The second-order valence-electron chi connectivity index (χ2n) is 7.13. The lowest BCUT2D eigenvalue weighted by Gasteiger charge is -2.24. The van der Waals surface area contributed by atoms with E-state index in [-0.39, 0.29) is 5.56 Å². The van der Waals surface area contributed by atoms with E-state index in [1.807, 2.05) is 12.1 Å². The van der Waals surface area contributed by atoms with Crippen LogP contribution >= 0.6 is 0 Å². The molecule has 2 aromatic rings. The van der Waals surface area contributed by atoms with Crippen LogP contribution in [0, 0.1) is 23.1 Å². The zero-order valence-corrected chi connectivity index (χ0v) is 16.4. The second-order valence-corrected chi connectivity index (χ2v) is 7.13. The van der Waals surface area contributed by atoms with Gasteiger partial charge < -0.3 is 10.6 Å². The Morgan fingerprint density at radius 1 is 1.17 bits per heavy atom. The summed E-state index contributed by atoms with van der Waals surface area (Å²) in [5.74, 6) is -0.300. The Hall–Kier alpha value is -3.20. The van der Waals surface area contributed by atoms with Crippen molar-refractivity contribution in [1.82, 2.24) is 0 Å². The number of carbonyl (C=O) groups is 2. The van der Waals surface area contributed by atoms with Crippen molar-refractivity contribution < 1.29 is 14.0 Å². The van der Waals surface area contributed by atoms with Gasteiger partial charge in [-0.05, 0) is 48.7 Å². The van der Waals surface area contributed by atoms with E-state index < -0.39 is 11.7 Å². The molecule has 0 aliphatic heterocycles. The van der Waals surface area contributed by atoms with Gasteiger partial charge in [-0.1, -0.05) is 44.2 Å². The molecular formula is C23H26FN3O2. The summed E-state index contributed by atoms with van der Waals surface area (Å²) in [6.45, 7) is 0.753. The van der Waals surface area contributed by atoms with Gasteiger partial charge in [0, 0.05) is 17.8 Å². The maximum absolute atomic E-state index is 12.3. The van der Waals surface area contributed by atoms with Crippen LogP contribution < -0.4 is 10.6 Å². The summed E-state index contributed by atoms with van der Waals surface area (Å²) >= 11 is 0. The van der Waals surface area contributed by atoms with Gasteiger partial charge in [-0.25, -0.2) is 4.39 Å². The Morgan fingerprint density at radius 2 is 1.90 bits per heavy atom. The van der Waals surface area contributed by atoms with Crippen molar-refractivity contribution in [3.8, 4) is 6.07 Å². The van der Waals surface area contributed by atoms with E-state index in [9.17, 15) is 14.0 Å². The molecule has 0 radical (unpaired) electrons. The van der Waals surface area contributed by atoms with Gasteiger partial charge in [0.05, 0.1) is 11.6 Å². The summed E-state index contributed by atoms with van der Waals surface area (Å²) in [6.07, 6.45) is 8.55. The van der Waals surface area contributed by atoms with Gasteiger partial charge in [0.15, 0.2) is 0 Å². The highest BCUT2D eigenvalue weighted by molar-refractivity contribution is 5.92. The van der Waals surface area contributed by atoms with Gasteiger partial charge >= 0.3 is 0 Å². The van der Waals surface area contributed by atoms with Gasteiger partial charge in [0.2, 0.25) is 12.3 Å². The minimum Gasteiger partial charge on any atom is -0.366 e. The first-order chi connectivity index (χ1) is 14.0. The second kappa shape index (κ2) is 11.6. The van der Waals surface area contributed by atoms with E-state index in [0.29, 0.717) is 5.56 Å². The molecule has 5 nitrogen and oxygen atoms in total. The number of carbonyl (C=O) groups excluding carboxylic acids is 2. The molecule has 152 valence electrons. The molecule has 29 heavy (non-hydrogen) atoms. The molecule has 3 rings (SSSR count). The van der Waals surface area contributed by atoms with E-state index in [4.69, 9.17) is 11.0 Å². The number of hydrogen-bond donors (Lipinski definition) is 1. The maximum atomic E-state index is 12.3. The normalized spacial score (nSPS) is 13.5. The molecule has 2 N–H and O–H groups in total. The maximum Gasteiger partial charge on any atom is 0.248 e. The fraction of sp³-hybridized carbons (Fsp3) is 0.348. The summed E-state index contributed by atoms with van der Waals surface area (Å²) in [6, 6.07) is 14.6. The predicted octanol–water partition coefficient (Wildman–Crippen LogP) is 4.42. The van der Waals surface area contributed by atoms with Crippen molar-refractivity contribution >= 4 is 18.0 Å². The van der Waals surface area contributed by atoms with Crippen LogP contribution in [-0.4, -0.2) is 18.9 Å². The van der Waals surface area contributed by atoms with Crippen LogP contribution in [0.25, 0.3) is 0 Å². The van der Waals surface area contributed by atoms with Crippen LogP contribution in [0.15, 0.2) is 48.5 Å². The largest absolute Gasteiger partial charge is 0.366 e. The summed E-state index contributed by atoms with van der Waals surface area (Å²) in [4.78, 5) is 23.3. The molecule has 1 aliphatic rings. The Labute approximate surface area is 170 Å². The van der Waals surface area contributed by atoms with Crippen LogP contribution in [0.4, 0.5) is 10.1 Å². The molecule has 0 saturated heterocycles. The zero-order chi connectivity index (χ0) is 21.1. The third-order valence-electron chi connectivity index (χ3n) is 5.05. The standard InChI is InChI=1S/C16H20N2O.C7H6FNO/c17-12-15-7-4-8-16(11-15)18(13-19)10-9-14-5-2-1-3-6-14;8-6-3-1-2-5(4-6)7(9)10/h4,7-8,11,13-14H,1-3,5-6,9-10H2;1-4H,(H2,9,10). The Bertz CT molecular complexity index is 857. The first-order valence-electron chi connectivity index (χ1n) is 9.81. The fourth-order valence-corrected chi connectivity index (χ4v) is 3.44. The van der Waals surface area contributed by atoms with Crippen molar-refractivity contribution in [3.63, 3.8) is 0 Å². The van der Waals surface area contributed by atoms with Crippen LogP contribution in [0.2, 0.25) is 0 Å². The topological polar surface area (TPSA) is 87.2 Å². The number of primary amides is 1. The van der Waals surface area contributed by atoms with Crippen molar-refractivity contribution in [1.29, 1.82) is 5.26 Å². The molecule has 1 fully saturated rings. The molecule has 0 unspecified atom stereocenters. The number of hydrogen-bond acceptors (Lipinski definition) is 3. The average molecular weight is 395 g/mol.